The van der Waals surface area contributed by atoms with Gasteiger partial charge >= 0.3 is 0 Å². The minimum atomic E-state index is -0.714. The maximum absolute atomic E-state index is 13.0. The number of alkyl halides is 1. The summed E-state index contributed by atoms with van der Waals surface area (Å²) >= 11 is 6.01. The lowest BCUT2D eigenvalue weighted by molar-refractivity contribution is -0.141. The van der Waals surface area contributed by atoms with Crippen LogP contribution in [0.3, 0.4) is 0 Å². The Bertz CT molecular complexity index is 696. The van der Waals surface area contributed by atoms with Crippen LogP contribution in [-0.4, -0.2) is 66.1 Å². The van der Waals surface area contributed by atoms with Gasteiger partial charge in [-0.1, -0.05) is 0 Å². The SMILES string of the molecule is CC(C)(CCl)C(=O)N(Cc1nc(C(=O)NCC2CCCO2)co1)CC1CCCO1. The van der Waals surface area contributed by atoms with E-state index >= 15 is 0 Å². The fraction of sp³-hybridized carbons (Fsp3) is 0.750. The van der Waals surface area contributed by atoms with E-state index in [0.717, 1.165) is 32.3 Å². The molecule has 1 aromatic heterocycles. The largest absolute Gasteiger partial charge is 0.446 e. The van der Waals surface area contributed by atoms with Crippen molar-refractivity contribution in [1.82, 2.24) is 15.2 Å². The van der Waals surface area contributed by atoms with E-state index in [9.17, 15) is 9.59 Å². The first kappa shape index (κ1) is 22.1. The molecule has 0 radical (unpaired) electrons. The van der Waals surface area contributed by atoms with E-state index in [1.165, 1.54) is 6.26 Å². The second-order valence-electron chi connectivity index (χ2n) is 8.31. The highest BCUT2D eigenvalue weighted by Crippen LogP contribution is 2.24. The zero-order valence-corrected chi connectivity index (χ0v) is 17.9. The molecule has 0 spiro atoms. The number of amides is 2. The highest BCUT2D eigenvalue weighted by atomic mass is 35.5. The van der Waals surface area contributed by atoms with Crippen LogP contribution >= 0.6 is 11.6 Å². The van der Waals surface area contributed by atoms with Crippen molar-refractivity contribution >= 4 is 23.4 Å². The van der Waals surface area contributed by atoms with Gasteiger partial charge in [0.15, 0.2) is 5.69 Å². The van der Waals surface area contributed by atoms with Crippen LogP contribution in [0.2, 0.25) is 0 Å². The zero-order chi connectivity index (χ0) is 20.9. The molecule has 2 amide bonds. The van der Waals surface area contributed by atoms with Crippen LogP contribution in [0.5, 0.6) is 0 Å². The van der Waals surface area contributed by atoms with E-state index in [-0.39, 0.29) is 42.1 Å². The number of oxazole rings is 1. The van der Waals surface area contributed by atoms with Gasteiger partial charge in [0.2, 0.25) is 11.8 Å². The third kappa shape index (κ3) is 5.93. The Morgan fingerprint density at radius 3 is 2.55 bits per heavy atom. The number of nitrogens with one attached hydrogen (secondary N) is 1. The number of rotatable bonds is 9. The first-order chi connectivity index (χ1) is 13.9. The number of ether oxygens (including phenoxy) is 2. The lowest BCUT2D eigenvalue weighted by Crippen LogP contribution is -2.44. The molecule has 1 N–H and O–H groups in total. The molecule has 9 heteroatoms. The Balaban J connectivity index is 1.62. The second kappa shape index (κ2) is 9.91. The van der Waals surface area contributed by atoms with E-state index in [1.54, 1.807) is 4.90 Å². The molecular formula is C20H30ClN3O5. The van der Waals surface area contributed by atoms with Crippen molar-refractivity contribution in [3.63, 3.8) is 0 Å². The molecule has 2 fully saturated rings. The zero-order valence-electron chi connectivity index (χ0n) is 17.1. The molecule has 2 unspecified atom stereocenters. The van der Waals surface area contributed by atoms with E-state index in [0.29, 0.717) is 25.6 Å². The van der Waals surface area contributed by atoms with Gasteiger partial charge in [0.05, 0.1) is 24.2 Å². The minimum absolute atomic E-state index is 0.00535. The quantitative estimate of drug-likeness (QED) is 0.608. The summed E-state index contributed by atoms with van der Waals surface area (Å²) in [5.74, 6) is 0.110. The lowest BCUT2D eigenvalue weighted by Gasteiger charge is -2.31. The molecule has 0 aromatic carbocycles. The maximum atomic E-state index is 13.0. The first-order valence-electron chi connectivity index (χ1n) is 10.2. The van der Waals surface area contributed by atoms with Crippen molar-refractivity contribution in [3.8, 4) is 0 Å². The number of carbonyl (C=O) groups is 2. The van der Waals surface area contributed by atoms with Gasteiger partial charge in [-0.05, 0) is 39.5 Å². The standard InChI is InChI=1S/C20H30ClN3O5/c1-20(2,13-21)19(26)24(10-15-6-4-8-28-15)11-17-23-16(12-29-17)18(25)22-9-14-5-3-7-27-14/h12,14-15H,3-11,13H2,1-2H3,(H,22,25). The van der Waals surface area contributed by atoms with Crippen molar-refractivity contribution in [2.75, 3.05) is 32.2 Å². The molecule has 2 aliphatic heterocycles. The number of nitrogens with zero attached hydrogens (tertiary/aromatic N) is 2. The molecule has 2 saturated heterocycles. The second-order valence-corrected chi connectivity index (χ2v) is 8.58. The Morgan fingerprint density at radius 2 is 1.93 bits per heavy atom. The summed E-state index contributed by atoms with van der Waals surface area (Å²) in [6.07, 6.45) is 5.23. The van der Waals surface area contributed by atoms with E-state index in [2.05, 4.69) is 10.3 Å². The molecule has 2 atom stereocenters. The van der Waals surface area contributed by atoms with Gasteiger partial charge in [-0.3, -0.25) is 9.59 Å². The van der Waals surface area contributed by atoms with Gasteiger partial charge in [-0.15, -0.1) is 11.6 Å². The molecule has 2 aliphatic rings. The van der Waals surface area contributed by atoms with Gasteiger partial charge < -0.3 is 24.1 Å². The van der Waals surface area contributed by atoms with Gasteiger partial charge in [-0.2, -0.15) is 0 Å². The van der Waals surface area contributed by atoms with Crippen LogP contribution in [0, 0.1) is 5.41 Å². The summed E-state index contributed by atoms with van der Waals surface area (Å²) < 4.78 is 16.7. The molecule has 1 aromatic rings. The average Bonchev–Trinajstić information content (AvgIpc) is 3.47. The number of hydrogen-bond acceptors (Lipinski definition) is 6. The topological polar surface area (TPSA) is 93.9 Å². The smallest absolute Gasteiger partial charge is 0.273 e. The summed E-state index contributed by atoms with van der Waals surface area (Å²) in [5, 5.41) is 2.82. The lowest BCUT2D eigenvalue weighted by atomic mass is 9.94. The van der Waals surface area contributed by atoms with E-state index in [1.807, 2.05) is 13.8 Å². The maximum Gasteiger partial charge on any atom is 0.273 e. The molecule has 0 bridgehead atoms. The van der Waals surface area contributed by atoms with Crippen molar-refractivity contribution in [2.45, 2.75) is 58.3 Å². The van der Waals surface area contributed by atoms with Crippen LogP contribution < -0.4 is 5.32 Å². The van der Waals surface area contributed by atoms with Gasteiger partial charge in [0.1, 0.15) is 6.26 Å². The number of carbonyl (C=O) groups excluding carboxylic acids is 2. The van der Waals surface area contributed by atoms with Crippen LogP contribution in [0.4, 0.5) is 0 Å². The molecular weight excluding hydrogens is 398 g/mol. The van der Waals surface area contributed by atoms with Gasteiger partial charge in [0, 0.05) is 32.2 Å². The summed E-state index contributed by atoms with van der Waals surface area (Å²) in [7, 11) is 0. The molecule has 8 nitrogen and oxygen atoms in total. The van der Waals surface area contributed by atoms with Crippen LogP contribution in [-0.2, 0) is 20.8 Å². The van der Waals surface area contributed by atoms with Crippen molar-refractivity contribution in [1.29, 1.82) is 0 Å². The third-order valence-electron chi connectivity index (χ3n) is 5.27. The normalized spacial score (nSPS) is 22.0. The summed E-state index contributed by atoms with van der Waals surface area (Å²) in [4.78, 5) is 31.3. The first-order valence-corrected chi connectivity index (χ1v) is 10.7. The molecule has 0 saturated carbocycles. The molecule has 162 valence electrons. The van der Waals surface area contributed by atoms with Gasteiger partial charge in [-0.25, -0.2) is 4.98 Å². The van der Waals surface area contributed by atoms with E-state index < -0.39 is 5.41 Å². The Kier molecular flexibility index (Phi) is 7.54. The highest BCUT2D eigenvalue weighted by Gasteiger charge is 2.34. The predicted molar refractivity (Wildman–Crippen MR) is 107 cm³/mol. The van der Waals surface area contributed by atoms with Crippen molar-refractivity contribution < 1.29 is 23.5 Å². The fourth-order valence-electron chi connectivity index (χ4n) is 3.49. The Hall–Kier alpha value is -1.64. The Morgan fingerprint density at radius 1 is 1.24 bits per heavy atom. The summed E-state index contributed by atoms with van der Waals surface area (Å²) in [6.45, 7) is 6.13. The van der Waals surface area contributed by atoms with Crippen LogP contribution in [0.25, 0.3) is 0 Å². The number of hydrogen-bond donors (Lipinski definition) is 1. The van der Waals surface area contributed by atoms with Gasteiger partial charge in [0.25, 0.3) is 5.91 Å². The molecule has 3 rings (SSSR count). The Labute approximate surface area is 176 Å². The fourth-order valence-corrected chi connectivity index (χ4v) is 3.61. The monoisotopic (exact) mass is 427 g/mol. The minimum Gasteiger partial charge on any atom is -0.446 e. The molecule has 3 heterocycles. The number of halogens is 1. The van der Waals surface area contributed by atoms with Crippen LogP contribution in [0.1, 0.15) is 55.9 Å². The predicted octanol–water partition coefficient (Wildman–Crippen LogP) is 2.36. The average molecular weight is 428 g/mol. The summed E-state index contributed by atoms with van der Waals surface area (Å²) in [6, 6.07) is 0. The van der Waals surface area contributed by atoms with E-state index in [4.69, 9.17) is 25.5 Å². The van der Waals surface area contributed by atoms with Crippen molar-refractivity contribution in [2.24, 2.45) is 5.41 Å². The summed E-state index contributed by atoms with van der Waals surface area (Å²) in [5.41, 5.74) is -0.520. The van der Waals surface area contributed by atoms with Crippen molar-refractivity contribution in [3.05, 3.63) is 17.8 Å². The molecule has 29 heavy (non-hydrogen) atoms. The number of aromatic nitrogens is 1. The third-order valence-corrected chi connectivity index (χ3v) is 5.94. The highest BCUT2D eigenvalue weighted by molar-refractivity contribution is 6.19. The van der Waals surface area contributed by atoms with Crippen LogP contribution in [0.15, 0.2) is 10.7 Å². The molecule has 0 aliphatic carbocycles.